The smallest absolute Gasteiger partial charge is 0.279 e. The van der Waals surface area contributed by atoms with E-state index in [9.17, 15) is 8.42 Å². The van der Waals surface area contributed by atoms with Crippen LogP contribution in [0.25, 0.3) is 0 Å². The number of hydrogen-bond donors (Lipinski definition) is 2. The third-order valence-electron chi connectivity index (χ3n) is 2.29. The topological polar surface area (TPSA) is 91.0 Å². The minimum Gasteiger partial charge on any atom is -0.376 e. The molecular formula is C10H13N5O2S. The van der Waals surface area contributed by atoms with Gasteiger partial charge in [0.25, 0.3) is 10.0 Å². The molecule has 0 spiro atoms. The summed E-state index contributed by atoms with van der Waals surface area (Å²) in [5.41, 5.74) is 1.14. The van der Waals surface area contributed by atoms with Gasteiger partial charge in [0.05, 0.1) is 30.1 Å². The Labute approximate surface area is 105 Å². The maximum absolute atomic E-state index is 12.0. The molecule has 2 aromatic rings. The first kappa shape index (κ1) is 12.4. The Morgan fingerprint density at radius 2 is 2.06 bits per heavy atom. The zero-order chi connectivity index (χ0) is 13.2. The van der Waals surface area contributed by atoms with Crippen molar-refractivity contribution < 1.29 is 8.42 Å². The summed E-state index contributed by atoms with van der Waals surface area (Å²) < 4.78 is 26.5. The molecule has 0 aliphatic heterocycles. The summed E-state index contributed by atoms with van der Waals surface area (Å²) >= 11 is 0. The molecule has 0 fully saturated rings. The largest absolute Gasteiger partial charge is 0.376 e. The number of nitrogens with zero attached hydrogens (tertiary/aromatic N) is 3. The van der Waals surface area contributed by atoms with Gasteiger partial charge < -0.3 is 9.88 Å². The number of aromatic amines is 1. The van der Waals surface area contributed by atoms with Crippen molar-refractivity contribution in [2.75, 3.05) is 23.7 Å². The number of pyridine rings is 1. The predicted octanol–water partition coefficient (Wildman–Crippen LogP) is 0.671. The molecule has 96 valence electrons. The molecule has 18 heavy (non-hydrogen) atoms. The van der Waals surface area contributed by atoms with E-state index >= 15 is 0 Å². The molecule has 7 nitrogen and oxygen atoms in total. The van der Waals surface area contributed by atoms with Crippen molar-refractivity contribution in [2.24, 2.45) is 0 Å². The predicted molar refractivity (Wildman–Crippen MR) is 68.0 cm³/mol. The summed E-state index contributed by atoms with van der Waals surface area (Å²) in [4.78, 5) is 11.9. The number of imidazole rings is 1. The second kappa shape index (κ2) is 4.65. The highest BCUT2D eigenvalue weighted by molar-refractivity contribution is 7.92. The van der Waals surface area contributed by atoms with Crippen molar-refractivity contribution in [1.29, 1.82) is 0 Å². The van der Waals surface area contributed by atoms with Crippen molar-refractivity contribution >= 4 is 21.4 Å². The third-order valence-corrected chi connectivity index (χ3v) is 3.58. The summed E-state index contributed by atoms with van der Waals surface area (Å²) in [5, 5.41) is 0.0102. The number of anilines is 2. The molecule has 0 saturated carbocycles. The Morgan fingerprint density at radius 3 is 2.67 bits per heavy atom. The van der Waals surface area contributed by atoms with E-state index in [4.69, 9.17) is 0 Å². The zero-order valence-corrected chi connectivity index (χ0v) is 10.8. The molecule has 0 unspecified atom stereocenters. The molecule has 0 radical (unpaired) electrons. The van der Waals surface area contributed by atoms with Crippen LogP contribution < -0.4 is 9.62 Å². The van der Waals surface area contributed by atoms with Crippen molar-refractivity contribution in [2.45, 2.75) is 5.03 Å². The lowest BCUT2D eigenvalue weighted by molar-refractivity contribution is 0.598. The van der Waals surface area contributed by atoms with Crippen LogP contribution in [0.15, 0.2) is 36.0 Å². The molecule has 0 atom stereocenters. The summed E-state index contributed by atoms with van der Waals surface area (Å²) in [6, 6.07) is 1.73. The Hall–Kier alpha value is -2.09. The van der Waals surface area contributed by atoms with Gasteiger partial charge in [-0.3, -0.25) is 9.71 Å². The number of hydrogen-bond acceptors (Lipinski definition) is 5. The molecule has 0 saturated heterocycles. The number of aromatic nitrogens is 3. The summed E-state index contributed by atoms with van der Waals surface area (Å²) in [7, 11) is -0.0152. The van der Waals surface area contributed by atoms with Crippen LogP contribution >= 0.6 is 0 Å². The van der Waals surface area contributed by atoms with Gasteiger partial charge >= 0.3 is 0 Å². The molecule has 0 aromatic carbocycles. The van der Waals surface area contributed by atoms with Crippen molar-refractivity contribution in [3.8, 4) is 0 Å². The SMILES string of the molecule is CN(C)c1ccncc1NS(=O)(=O)c1cnc[nH]1. The van der Waals surface area contributed by atoms with Gasteiger partial charge in [0.15, 0.2) is 5.03 Å². The monoisotopic (exact) mass is 267 g/mol. The van der Waals surface area contributed by atoms with E-state index < -0.39 is 10.0 Å². The highest BCUT2D eigenvalue weighted by Crippen LogP contribution is 2.24. The van der Waals surface area contributed by atoms with E-state index in [2.05, 4.69) is 19.7 Å². The minimum atomic E-state index is -3.66. The van der Waals surface area contributed by atoms with E-state index in [1.165, 1.54) is 18.7 Å². The third kappa shape index (κ3) is 2.43. The Bertz CT molecular complexity index is 621. The van der Waals surface area contributed by atoms with Crippen LogP contribution in [0.5, 0.6) is 0 Å². The van der Waals surface area contributed by atoms with E-state index in [1.54, 1.807) is 17.2 Å². The first-order valence-corrected chi connectivity index (χ1v) is 6.61. The van der Waals surface area contributed by atoms with Gasteiger partial charge in [-0.1, -0.05) is 0 Å². The molecule has 2 heterocycles. The molecule has 2 aromatic heterocycles. The molecule has 0 aliphatic rings. The van der Waals surface area contributed by atoms with Crippen LogP contribution in [0.1, 0.15) is 0 Å². The fraction of sp³-hybridized carbons (Fsp3) is 0.200. The first-order chi connectivity index (χ1) is 8.50. The van der Waals surface area contributed by atoms with E-state index in [0.29, 0.717) is 5.69 Å². The van der Waals surface area contributed by atoms with Crippen LogP contribution in [-0.4, -0.2) is 37.5 Å². The number of H-pyrrole nitrogens is 1. The standard InChI is InChI=1S/C10H13N5O2S/c1-15(2)9-3-4-11-5-8(9)14-18(16,17)10-6-12-7-13-10/h3-7,14H,1-2H3,(H,12,13). The number of nitrogens with one attached hydrogen (secondary N) is 2. The lowest BCUT2D eigenvalue weighted by atomic mass is 10.3. The van der Waals surface area contributed by atoms with E-state index in [0.717, 1.165) is 5.69 Å². The van der Waals surface area contributed by atoms with Gasteiger partial charge in [0, 0.05) is 20.3 Å². The summed E-state index contributed by atoms with van der Waals surface area (Å²) in [6.07, 6.45) is 5.62. The Balaban J connectivity index is 2.36. The van der Waals surface area contributed by atoms with Gasteiger partial charge in [0.1, 0.15) is 0 Å². The highest BCUT2D eigenvalue weighted by Gasteiger charge is 2.17. The van der Waals surface area contributed by atoms with E-state index in [-0.39, 0.29) is 5.03 Å². The lowest BCUT2D eigenvalue weighted by Gasteiger charge is -2.17. The van der Waals surface area contributed by atoms with E-state index in [1.807, 2.05) is 14.1 Å². The first-order valence-electron chi connectivity index (χ1n) is 5.13. The van der Waals surface area contributed by atoms with Gasteiger partial charge in [-0.2, -0.15) is 8.42 Å². The molecular weight excluding hydrogens is 254 g/mol. The van der Waals surface area contributed by atoms with Crippen molar-refractivity contribution in [1.82, 2.24) is 15.0 Å². The second-order valence-corrected chi connectivity index (χ2v) is 5.46. The summed E-state index contributed by atoms with van der Waals surface area (Å²) in [6.45, 7) is 0. The molecule has 0 amide bonds. The normalized spacial score (nSPS) is 11.2. The molecule has 2 N–H and O–H groups in total. The Morgan fingerprint density at radius 1 is 1.28 bits per heavy atom. The maximum atomic E-state index is 12.0. The minimum absolute atomic E-state index is 0.0102. The van der Waals surface area contributed by atoms with Gasteiger partial charge in [-0.15, -0.1) is 0 Å². The van der Waals surface area contributed by atoms with Crippen LogP contribution in [0, 0.1) is 0 Å². The van der Waals surface area contributed by atoms with Crippen LogP contribution in [0.3, 0.4) is 0 Å². The zero-order valence-electron chi connectivity index (χ0n) is 9.95. The molecule has 0 aliphatic carbocycles. The average molecular weight is 267 g/mol. The fourth-order valence-electron chi connectivity index (χ4n) is 1.45. The van der Waals surface area contributed by atoms with Crippen molar-refractivity contribution in [3.05, 3.63) is 31.0 Å². The van der Waals surface area contributed by atoms with Crippen LogP contribution in [0.4, 0.5) is 11.4 Å². The molecule has 2 rings (SSSR count). The van der Waals surface area contributed by atoms with Gasteiger partial charge in [-0.05, 0) is 6.07 Å². The quantitative estimate of drug-likeness (QED) is 0.849. The lowest BCUT2D eigenvalue weighted by Crippen LogP contribution is -2.17. The number of rotatable bonds is 4. The van der Waals surface area contributed by atoms with Crippen molar-refractivity contribution in [3.63, 3.8) is 0 Å². The number of sulfonamides is 1. The second-order valence-electron chi connectivity index (χ2n) is 3.81. The maximum Gasteiger partial charge on any atom is 0.279 e. The average Bonchev–Trinajstić information content (AvgIpc) is 2.83. The van der Waals surface area contributed by atoms with Crippen LogP contribution in [0.2, 0.25) is 0 Å². The van der Waals surface area contributed by atoms with Crippen LogP contribution in [-0.2, 0) is 10.0 Å². The molecule has 0 bridgehead atoms. The van der Waals surface area contributed by atoms with Gasteiger partial charge in [0.2, 0.25) is 0 Å². The fourth-order valence-corrected chi connectivity index (χ4v) is 2.41. The van der Waals surface area contributed by atoms with Gasteiger partial charge in [-0.25, -0.2) is 4.98 Å². The highest BCUT2D eigenvalue weighted by atomic mass is 32.2. The summed E-state index contributed by atoms with van der Waals surface area (Å²) in [5.74, 6) is 0. The molecule has 8 heteroatoms. The Kier molecular flexibility index (Phi) is 3.19.